The van der Waals surface area contributed by atoms with E-state index in [1.807, 2.05) is 6.07 Å². The zero-order chi connectivity index (χ0) is 16.7. The Hall–Kier alpha value is -0.810. The topological polar surface area (TPSA) is 58.4 Å². The van der Waals surface area contributed by atoms with Crippen molar-refractivity contribution in [3.63, 3.8) is 0 Å². The van der Waals surface area contributed by atoms with Gasteiger partial charge in [-0.1, -0.05) is 63.4 Å². The third-order valence-electron chi connectivity index (χ3n) is 5.09. The molecule has 1 atom stereocenters. The zero-order valence-electron chi connectivity index (χ0n) is 15.4. The highest BCUT2D eigenvalue weighted by Crippen LogP contribution is 2.26. The summed E-state index contributed by atoms with van der Waals surface area (Å²) in [7, 11) is 0. The highest BCUT2D eigenvalue weighted by molar-refractivity contribution is 5.86. The molecule has 1 aromatic rings. The molecule has 0 saturated heterocycles. The second kappa shape index (κ2) is 11.7. The van der Waals surface area contributed by atoms with Gasteiger partial charge in [-0.3, -0.25) is 9.69 Å². The standard InChI is InChI=1S/C19H31N3O.2ClH/c1-3-22(4-2)17(16-11-7-5-8-12-16)15-21-18(23)19(20)13-9-6-10-14-19;;/h5,7-8,11-12,17H,3-4,6,9-10,13-15,20H2,1-2H3,(H,21,23);2*1H. The predicted octanol–water partition coefficient (Wildman–Crippen LogP) is 3.69. The molecule has 25 heavy (non-hydrogen) atoms. The summed E-state index contributed by atoms with van der Waals surface area (Å²) in [6.07, 6.45) is 4.92. The molecule has 0 bridgehead atoms. The van der Waals surface area contributed by atoms with Crippen molar-refractivity contribution in [3.8, 4) is 0 Å². The molecular formula is C19H33Cl2N3O. The summed E-state index contributed by atoms with van der Waals surface area (Å²) in [5.41, 5.74) is 6.92. The molecule has 0 heterocycles. The average molecular weight is 390 g/mol. The van der Waals surface area contributed by atoms with Gasteiger partial charge in [-0.25, -0.2) is 0 Å². The Bertz CT molecular complexity index is 489. The first-order valence-electron chi connectivity index (χ1n) is 8.97. The SMILES string of the molecule is CCN(CC)C(CNC(=O)C1(N)CCCCC1)c1ccccc1.Cl.Cl. The van der Waals surface area contributed by atoms with Gasteiger partial charge < -0.3 is 11.1 Å². The molecule has 0 aromatic heterocycles. The molecule has 1 unspecified atom stereocenters. The lowest BCUT2D eigenvalue weighted by Crippen LogP contribution is -2.56. The monoisotopic (exact) mass is 389 g/mol. The van der Waals surface area contributed by atoms with E-state index in [4.69, 9.17) is 5.73 Å². The van der Waals surface area contributed by atoms with Gasteiger partial charge in [0, 0.05) is 6.54 Å². The van der Waals surface area contributed by atoms with E-state index in [9.17, 15) is 4.79 Å². The van der Waals surface area contributed by atoms with Gasteiger partial charge in [-0.2, -0.15) is 0 Å². The van der Waals surface area contributed by atoms with Crippen molar-refractivity contribution in [2.75, 3.05) is 19.6 Å². The molecule has 1 amide bonds. The predicted molar refractivity (Wildman–Crippen MR) is 110 cm³/mol. The number of rotatable bonds is 7. The zero-order valence-corrected chi connectivity index (χ0v) is 17.0. The number of benzene rings is 1. The molecule has 1 aliphatic rings. The highest BCUT2D eigenvalue weighted by atomic mass is 35.5. The van der Waals surface area contributed by atoms with Crippen molar-refractivity contribution < 1.29 is 4.79 Å². The second-order valence-electron chi connectivity index (χ2n) is 6.57. The van der Waals surface area contributed by atoms with E-state index in [1.54, 1.807) is 0 Å². The molecule has 6 heteroatoms. The third kappa shape index (κ3) is 6.45. The maximum Gasteiger partial charge on any atom is 0.240 e. The molecule has 1 saturated carbocycles. The van der Waals surface area contributed by atoms with E-state index >= 15 is 0 Å². The van der Waals surface area contributed by atoms with Gasteiger partial charge in [0.25, 0.3) is 0 Å². The Morgan fingerprint density at radius 3 is 2.20 bits per heavy atom. The number of nitrogens with two attached hydrogens (primary N) is 1. The number of carbonyl (C=O) groups excluding carboxylic acids is 1. The molecule has 0 spiro atoms. The first-order chi connectivity index (χ1) is 11.1. The van der Waals surface area contributed by atoms with Gasteiger partial charge in [0.1, 0.15) is 0 Å². The van der Waals surface area contributed by atoms with Crippen LogP contribution in [0.1, 0.15) is 57.6 Å². The minimum atomic E-state index is -0.664. The van der Waals surface area contributed by atoms with Gasteiger partial charge in [0.05, 0.1) is 11.6 Å². The molecule has 0 aliphatic heterocycles. The van der Waals surface area contributed by atoms with Crippen LogP contribution in [0.2, 0.25) is 0 Å². The van der Waals surface area contributed by atoms with E-state index in [0.29, 0.717) is 6.54 Å². The Labute approximate surface area is 164 Å². The summed E-state index contributed by atoms with van der Waals surface area (Å²) in [6.45, 7) is 6.85. The van der Waals surface area contributed by atoms with Gasteiger partial charge in [0.15, 0.2) is 0 Å². The fraction of sp³-hybridized carbons (Fsp3) is 0.632. The quantitative estimate of drug-likeness (QED) is 0.747. The summed E-state index contributed by atoms with van der Waals surface area (Å²) >= 11 is 0. The van der Waals surface area contributed by atoms with Crippen molar-refractivity contribution in [1.82, 2.24) is 10.2 Å². The van der Waals surface area contributed by atoms with E-state index in [2.05, 4.69) is 48.3 Å². The fourth-order valence-electron chi connectivity index (χ4n) is 3.57. The summed E-state index contributed by atoms with van der Waals surface area (Å²) in [6, 6.07) is 10.6. The van der Waals surface area contributed by atoms with Crippen molar-refractivity contribution in [3.05, 3.63) is 35.9 Å². The molecule has 2 rings (SSSR count). The number of amides is 1. The number of hydrogen-bond acceptors (Lipinski definition) is 3. The van der Waals surface area contributed by atoms with Crippen LogP contribution in [0.4, 0.5) is 0 Å². The van der Waals surface area contributed by atoms with E-state index in [1.165, 1.54) is 12.0 Å². The Morgan fingerprint density at radius 1 is 1.12 bits per heavy atom. The van der Waals surface area contributed by atoms with Crippen LogP contribution in [-0.4, -0.2) is 36.0 Å². The van der Waals surface area contributed by atoms with Crippen molar-refractivity contribution in [2.45, 2.75) is 57.5 Å². The van der Waals surface area contributed by atoms with Crippen molar-refractivity contribution in [2.24, 2.45) is 5.73 Å². The molecule has 3 N–H and O–H groups in total. The second-order valence-corrected chi connectivity index (χ2v) is 6.57. The molecule has 0 radical (unpaired) electrons. The highest BCUT2D eigenvalue weighted by Gasteiger charge is 2.35. The summed E-state index contributed by atoms with van der Waals surface area (Å²) in [5.74, 6) is 0.0188. The fourth-order valence-corrected chi connectivity index (χ4v) is 3.57. The van der Waals surface area contributed by atoms with Crippen molar-refractivity contribution >= 4 is 30.7 Å². The van der Waals surface area contributed by atoms with Crippen LogP contribution in [0.5, 0.6) is 0 Å². The maximum absolute atomic E-state index is 12.6. The van der Waals surface area contributed by atoms with Crippen molar-refractivity contribution in [1.29, 1.82) is 0 Å². The van der Waals surface area contributed by atoms with Crippen LogP contribution in [-0.2, 0) is 4.79 Å². The lowest BCUT2D eigenvalue weighted by molar-refractivity contribution is -0.127. The van der Waals surface area contributed by atoms with Gasteiger partial charge >= 0.3 is 0 Å². The van der Waals surface area contributed by atoms with E-state index in [0.717, 1.165) is 38.8 Å². The maximum atomic E-state index is 12.6. The smallest absolute Gasteiger partial charge is 0.240 e. The van der Waals surface area contributed by atoms with Crippen LogP contribution in [0.15, 0.2) is 30.3 Å². The van der Waals surface area contributed by atoms with Crippen LogP contribution in [0, 0.1) is 0 Å². The van der Waals surface area contributed by atoms with E-state index < -0.39 is 5.54 Å². The number of carbonyl (C=O) groups is 1. The van der Waals surface area contributed by atoms with Gasteiger partial charge in [-0.05, 0) is 31.5 Å². The van der Waals surface area contributed by atoms with Crippen LogP contribution in [0.3, 0.4) is 0 Å². The number of halogens is 2. The lowest BCUT2D eigenvalue weighted by atomic mass is 9.82. The van der Waals surface area contributed by atoms with Gasteiger partial charge in [0.2, 0.25) is 5.91 Å². The Morgan fingerprint density at radius 2 is 1.68 bits per heavy atom. The number of hydrogen-bond donors (Lipinski definition) is 2. The summed E-state index contributed by atoms with van der Waals surface area (Å²) < 4.78 is 0. The molecule has 1 aliphatic carbocycles. The minimum Gasteiger partial charge on any atom is -0.353 e. The Balaban J connectivity index is 0.00000288. The lowest BCUT2D eigenvalue weighted by Gasteiger charge is -2.34. The molecular weight excluding hydrogens is 357 g/mol. The Kier molecular flexibility index (Phi) is 11.4. The minimum absolute atomic E-state index is 0. The number of nitrogens with one attached hydrogen (secondary N) is 1. The van der Waals surface area contributed by atoms with E-state index in [-0.39, 0.29) is 36.8 Å². The normalized spacial score (nSPS) is 17.1. The summed E-state index contributed by atoms with van der Waals surface area (Å²) in [5, 5.41) is 3.13. The van der Waals surface area contributed by atoms with Crippen LogP contribution < -0.4 is 11.1 Å². The van der Waals surface area contributed by atoms with Crippen LogP contribution in [0.25, 0.3) is 0 Å². The first kappa shape index (κ1) is 24.2. The molecule has 1 aromatic carbocycles. The average Bonchev–Trinajstić information content (AvgIpc) is 2.59. The van der Waals surface area contributed by atoms with Gasteiger partial charge in [-0.15, -0.1) is 24.8 Å². The largest absolute Gasteiger partial charge is 0.353 e. The summed E-state index contributed by atoms with van der Waals surface area (Å²) in [4.78, 5) is 15.0. The number of likely N-dealkylation sites (N-methyl/N-ethyl adjacent to an activating group) is 1. The molecule has 144 valence electrons. The third-order valence-corrected chi connectivity index (χ3v) is 5.09. The molecule has 1 fully saturated rings. The van der Waals surface area contributed by atoms with Crippen LogP contribution >= 0.6 is 24.8 Å². The molecule has 4 nitrogen and oxygen atoms in total. The number of nitrogens with zero attached hydrogens (tertiary/aromatic N) is 1. The first-order valence-corrected chi connectivity index (χ1v) is 8.97.